The Morgan fingerprint density at radius 3 is 2.78 bits per heavy atom. The smallest absolute Gasteiger partial charge is 0.355 e. The highest BCUT2D eigenvalue weighted by Gasteiger charge is 2.29. The minimum Gasteiger partial charge on any atom is -0.478 e. The van der Waals surface area contributed by atoms with Gasteiger partial charge in [0.05, 0.1) is 5.75 Å². The second kappa shape index (κ2) is 2.26. The van der Waals surface area contributed by atoms with Crippen LogP contribution in [0.25, 0.3) is 0 Å². The Bertz CT molecular complexity index is 155. The van der Waals surface area contributed by atoms with Crippen LogP contribution in [0, 0.1) is 0 Å². The predicted molar refractivity (Wildman–Crippen MR) is 30.0 cm³/mol. The Balaban J connectivity index is 2.48. The summed E-state index contributed by atoms with van der Waals surface area (Å²) in [5.41, 5.74) is -0.975. The van der Waals surface area contributed by atoms with Crippen LogP contribution in [0.5, 0.6) is 0 Å². The van der Waals surface area contributed by atoms with Crippen molar-refractivity contribution in [3.8, 4) is 0 Å². The first-order chi connectivity index (χ1) is 4.20. The lowest BCUT2D eigenvalue weighted by atomic mass is 10.7. The molecule has 50 valence electrons. The fraction of sp³-hybridized carbons (Fsp3) is 0.500. The van der Waals surface area contributed by atoms with Gasteiger partial charge in [-0.15, -0.1) is 0 Å². The molecular weight excluding hydrogens is 144 g/mol. The summed E-state index contributed by atoms with van der Waals surface area (Å²) in [6.07, 6.45) is 0. The van der Waals surface area contributed by atoms with Crippen molar-refractivity contribution in [1.29, 1.82) is 0 Å². The number of cyclic esters (lactones) is 1. The highest BCUT2D eigenvalue weighted by atomic mass is 32.2. The van der Waals surface area contributed by atoms with E-state index in [9.17, 15) is 9.59 Å². The zero-order valence-corrected chi connectivity index (χ0v) is 5.18. The minimum absolute atomic E-state index is 0.150. The van der Waals surface area contributed by atoms with Gasteiger partial charge < -0.3 is 9.84 Å². The van der Waals surface area contributed by atoms with Crippen molar-refractivity contribution < 1.29 is 19.4 Å². The molecule has 1 aliphatic heterocycles. The summed E-state index contributed by atoms with van der Waals surface area (Å²) < 4.78 is 4.35. The third-order valence-corrected chi connectivity index (χ3v) is 1.80. The summed E-state index contributed by atoms with van der Waals surface area (Å²) in [5.74, 6) is -1.39. The van der Waals surface area contributed by atoms with Gasteiger partial charge in [0.15, 0.2) is 0 Å². The maximum Gasteiger partial charge on any atom is 0.355 e. The monoisotopic (exact) mass is 148 g/mol. The van der Waals surface area contributed by atoms with Gasteiger partial charge in [-0.25, -0.2) is 4.79 Å². The van der Waals surface area contributed by atoms with Crippen LogP contribution in [0.4, 0.5) is 0 Å². The second-order valence-electron chi connectivity index (χ2n) is 1.47. The van der Waals surface area contributed by atoms with Crippen LogP contribution in [0.1, 0.15) is 0 Å². The molecule has 9 heavy (non-hydrogen) atoms. The number of carboxylic acid groups (broad SMARTS) is 1. The molecule has 0 radical (unpaired) electrons. The van der Waals surface area contributed by atoms with Gasteiger partial charge in [0.1, 0.15) is 0 Å². The van der Waals surface area contributed by atoms with E-state index in [1.165, 1.54) is 0 Å². The van der Waals surface area contributed by atoms with Gasteiger partial charge in [-0.3, -0.25) is 4.79 Å². The number of carbonyl (C=O) groups excluding carboxylic acids is 1. The summed E-state index contributed by atoms with van der Waals surface area (Å²) in [6.45, 7) is 0. The average Bonchev–Trinajstić information content (AvgIpc) is 2.14. The van der Waals surface area contributed by atoms with Crippen LogP contribution in [-0.2, 0) is 14.3 Å². The Morgan fingerprint density at radius 2 is 2.56 bits per heavy atom. The molecule has 0 bridgehead atoms. The molecule has 1 rings (SSSR count). The maximum absolute atomic E-state index is 10.3. The zero-order chi connectivity index (χ0) is 6.85. The van der Waals surface area contributed by atoms with Crippen LogP contribution < -0.4 is 0 Å². The molecule has 0 spiro atoms. The molecule has 0 aromatic rings. The van der Waals surface area contributed by atoms with E-state index in [1.807, 2.05) is 0 Å². The SMILES string of the molecule is O=C1CS[C@H](C(=O)O)O1. The molecular formula is C4H4O4S. The van der Waals surface area contributed by atoms with Crippen molar-refractivity contribution in [2.24, 2.45) is 0 Å². The lowest BCUT2D eigenvalue weighted by molar-refractivity contribution is -0.154. The van der Waals surface area contributed by atoms with Crippen LogP contribution in [0.15, 0.2) is 0 Å². The summed E-state index contributed by atoms with van der Waals surface area (Å²) in [6, 6.07) is 0. The molecule has 1 saturated heterocycles. The summed E-state index contributed by atoms with van der Waals surface area (Å²) in [7, 11) is 0. The van der Waals surface area contributed by atoms with Crippen molar-refractivity contribution in [3.05, 3.63) is 0 Å². The third-order valence-electron chi connectivity index (χ3n) is 0.793. The fourth-order valence-electron chi connectivity index (χ4n) is 0.453. The average molecular weight is 148 g/mol. The van der Waals surface area contributed by atoms with E-state index in [1.54, 1.807) is 0 Å². The van der Waals surface area contributed by atoms with Crippen molar-refractivity contribution in [1.82, 2.24) is 0 Å². The molecule has 1 heterocycles. The van der Waals surface area contributed by atoms with E-state index in [0.717, 1.165) is 11.8 Å². The molecule has 0 unspecified atom stereocenters. The van der Waals surface area contributed by atoms with E-state index in [4.69, 9.17) is 5.11 Å². The van der Waals surface area contributed by atoms with Crippen LogP contribution in [0.2, 0.25) is 0 Å². The van der Waals surface area contributed by atoms with Crippen LogP contribution in [0.3, 0.4) is 0 Å². The van der Waals surface area contributed by atoms with E-state index < -0.39 is 17.4 Å². The van der Waals surface area contributed by atoms with Gasteiger partial charge in [0, 0.05) is 0 Å². The number of hydrogen-bond acceptors (Lipinski definition) is 4. The molecule has 5 heteroatoms. The number of hydrogen-bond donors (Lipinski definition) is 1. The minimum atomic E-state index is -1.09. The van der Waals surface area contributed by atoms with Gasteiger partial charge in [-0.05, 0) is 0 Å². The van der Waals surface area contributed by atoms with Gasteiger partial charge in [-0.1, -0.05) is 11.8 Å². The van der Waals surface area contributed by atoms with Crippen molar-refractivity contribution in [2.75, 3.05) is 5.75 Å². The standard InChI is InChI=1S/C4H4O4S/c5-2-1-9-4(8-2)3(6)7/h4H,1H2,(H,6,7)/t4-/m1/s1. The Morgan fingerprint density at radius 1 is 1.89 bits per heavy atom. The van der Waals surface area contributed by atoms with E-state index in [2.05, 4.69) is 4.74 Å². The zero-order valence-electron chi connectivity index (χ0n) is 4.36. The number of aliphatic carboxylic acids is 1. The lowest BCUT2D eigenvalue weighted by Crippen LogP contribution is -2.16. The predicted octanol–water partition coefficient (Wildman–Crippen LogP) is -0.313. The van der Waals surface area contributed by atoms with Gasteiger partial charge in [0.25, 0.3) is 0 Å². The number of rotatable bonds is 1. The second-order valence-corrected chi connectivity index (χ2v) is 2.52. The van der Waals surface area contributed by atoms with Crippen molar-refractivity contribution >= 4 is 23.7 Å². The van der Waals surface area contributed by atoms with Gasteiger partial charge in [0.2, 0.25) is 5.44 Å². The maximum atomic E-state index is 10.3. The Labute approximate surface area is 55.2 Å². The summed E-state index contributed by atoms with van der Waals surface area (Å²) in [4.78, 5) is 20.3. The van der Waals surface area contributed by atoms with E-state index >= 15 is 0 Å². The number of carboxylic acids is 1. The summed E-state index contributed by atoms with van der Waals surface area (Å²) in [5, 5.41) is 8.23. The number of thioether (sulfide) groups is 1. The Kier molecular flexibility index (Phi) is 1.61. The summed E-state index contributed by atoms with van der Waals surface area (Å²) >= 11 is 0.987. The first-order valence-corrected chi connectivity index (χ1v) is 3.29. The van der Waals surface area contributed by atoms with Crippen LogP contribution in [-0.4, -0.2) is 28.2 Å². The van der Waals surface area contributed by atoms with E-state index in [-0.39, 0.29) is 5.75 Å². The first kappa shape index (κ1) is 6.41. The largest absolute Gasteiger partial charge is 0.478 e. The molecule has 0 aromatic heterocycles. The molecule has 0 aliphatic carbocycles. The molecule has 1 aliphatic rings. The normalized spacial score (nSPS) is 25.8. The van der Waals surface area contributed by atoms with Crippen molar-refractivity contribution in [2.45, 2.75) is 5.44 Å². The highest BCUT2D eigenvalue weighted by Crippen LogP contribution is 2.20. The molecule has 0 amide bonds. The van der Waals surface area contributed by atoms with Crippen LogP contribution >= 0.6 is 11.8 Å². The lowest BCUT2D eigenvalue weighted by Gasteiger charge is -1.98. The third kappa shape index (κ3) is 1.35. The first-order valence-electron chi connectivity index (χ1n) is 2.24. The molecule has 0 aromatic carbocycles. The molecule has 1 atom stereocenters. The van der Waals surface area contributed by atoms with Gasteiger partial charge >= 0.3 is 11.9 Å². The highest BCUT2D eigenvalue weighted by molar-refractivity contribution is 8.01. The van der Waals surface area contributed by atoms with Gasteiger partial charge in [-0.2, -0.15) is 0 Å². The number of carbonyl (C=O) groups is 2. The number of ether oxygens (including phenoxy) is 1. The topological polar surface area (TPSA) is 63.6 Å². The van der Waals surface area contributed by atoms with Crippen molar-refractivity contribution in [3.63, 3.8) is 0 Å². The quantitative estimate of drug-likeness (QED) is 0.516. The fourth-order valence-corrected chi connectivity index (χ4v) is 1.13. The van der Waals surface area contributed by atoms with E-state index in [0.29, 0.717) is 0 Å². The molecule has 0 saturated carbocycles. The molecule has 4 nitrogen and oxygen atoms in total. The Hall–Kier alpha value is -0.710. The molecule has 1 fully saturated rings. The number of esters is 1. The molecule has 1 N–H and O–H groups in total.